The molecule has 200 valence electrons. The molecule has 0 radical (unpaired) electrons. The molecule has 2 aromatic carbocycles. The van der Waals surface area contributed by atoms with Crippen molar-refractivity contribution in [3.8, 4) is 5.75 Å². The fourth-order valence-corrected chi connectivity index (χ4v) is 4.36. The quantitative estimate of drug-likeness (QED) is 0.429. The van der Waals surface area contributed by atoms with Gasteiger partial charge in [-0.25, -0.2) is 4.79 Å². The van der Waals surface area contributed by atoms with Gasteiger partial charge in [0.2, 0.25) is 11.8 Å². The van der Waals surface area contributed by atoms with E-state index in [1.807, 2.05) is 55.1 Å². The molecule has 9 nitrogen and oxygen atoms in total. The summed E-state index contributed by atoms with van der Waals surface area (Å²) in [5.74, 6) is 0.291. The molecule has 1 saturated heterocycles. The predicted octanol–water partition coefficient (Wildman–Crippen LogP) is 2.58. The van der Waals surface area contributed by atoms with Gasteiger partial charge in [0.05, 0.1) is 32.4 Å². The highest BCUT2D eigenvalue weighted by Crippen LogP contribution is 2.18. The topological polar surface area (TPSA) is 88.6 Å². The third kappa shape index (κ3) is 8.03. The van der Waals surface area contributed by atoms with Crippen LogP contribution in [0.5, 0.6) is 5.75 Å². The van der Waals surface area contributed by atoms with Gasteiger partial charge in [-0.15, -0.1) is 0 Å². The van der Waals surface area contributed by atoms with Crippen LogP contribution in [-0.2, 0) is 32.2 Å². The molecular weight excluding hydrogens is 474 g/mol. The van der Waals surface area contributed by atoms with Crippen LogP contribution < -0.4 is 4.74 Å². The predicted molar refractivity (Wildman–Crippen MR) is 139 cm³/mol. The van der Waals surface area contributed by atoms with Gasteiger partial charge in [0.1, 0.15) is 12.4 Å². The number of carbonyl (C=O) groups excluding carboxylic acids is 3. The highest BCUT2D eigenvalue weighted by atomic mass is 16.5. The summed E-state index contributed by atoms with van der Waals surface area (Å²) >= 11 is 0. The van der Waals surface area contributed by atoms with Gasteiger partial charge < -0.3 is 24.0 Å². The van der Waals surface area contributed by atoms with E-state index in [-0.39, 0.29) is 31.1 Å². The fourth-order valence-electron chi connectivity index (χ4n) is 4.36. The zero-order chi connectivity index (χ0) is 26.8. The van der Waals surface area contributed by atoms with E-state index >= 15 is 0 Å². The first-order chi connectivity index (χ1) is 17.9. The molecule has 0 N–H and O–H groups in total. The van der Waals surface area contributed by atoms with Crippen molar-refractivity contribution in [1.29, 1.82) is 0 Å². The van der Waals surface area contributed by atoms with E-state index in [4.69, 9.17) is 14.2 Å². The molecule has 1 fully saturated rings. The lowest BCUT2D eigenvalue weighted by atomic mass is 10.1. The molecule has 0 spiro atoms. The number of benzene rings is 2. The van der Waals surface area contributed by atoms with Gasteiger partial charge in [0, 0.05) is 39.3 Å². The van der Waals surface area contributed by atoms with Crippen molar-refractivity contribution in [3.05, 3.63) is 65.2 Å². The summed E-state index contributed by atoms with van der Waals surface area (Å²) in [6.45, 7) is 7.14. The number of hydrogen-bond acceptors (Lipinski definition) is 7. The van der Waals surface area contributed by atoms with Gasteiger partial charge in [0.15, 0.2) is 0 Å². The Morgan fingerprint density at radius 2 is 1.54 bits per heavy atom. The normalized spacial score (nSPS) is 16.3. The summed E-state index contributed by atoms with van der Waals surface area (Å²) in [4.78, 5) is 43.1. The largest absolute Gasteiger partial charge is 0.497 e. The molecule has 1 aliphatic rings. The molecular formula is C28H37N3O6. The SMILES string of the molecule is CCN(CC)C(=O)CO[C@H]1CN(Cc2ccc(C(=O)OC)cc2)CC(=O)N(Cc2ccc(OC)cc2)C1. The van der Waals surface area contributed by atoms with E-state index in [1.54, 1.807) is 29.0 Å². The van der Waals surface area contributed by atoms with E-state index in [0.29, 0.717) is 44.8 Å². The van der Waals surface area contributed by atoms with E-state index in [0.717, 1.165) is 16.9 Å². The van der Waals surface area contributed by atoms with Gasteiger partial charge in [-0.2, -0.15) is 0 Å². The van der Waals surface area contributed by atoms with Crippen molar-refractivity contribution in [3.63, 3.8) is 0 Å². The van der Waals surface area contributed by atoms with Crippen molar-refractivity contribution >= 4 is 17.8 Å². The second-order valence-corrected chi connectivity index (χ2v) is 8.98. The number of methoxy groups -OCH3 is 2. The number of nitrogens with zero attached hydrogens (tertiary/aromatic N) is 3. The maximum Gasteiger partial charge on any atom is 0.337 e. The van der Waals surface area contributed by atoms with Gasteiger partial charge in [-0.05, 0) is 49.2 Å². The Labute approximate surface area is 218 Å². The monoisotopic (exact) mass is 511 g/mol. The first-order valence-electron chi connectivity index (χ1n) is 12.6. The molecule has 0 bridgehead atoms. The maximum atomic E-state index is 13.3. The maximum absolute atomic E-state index is 13.3. The number of carbonyl (C=O) groups is 3. The Kier molecular flexibility index (Phi) is 10.5. The molecule has 0 aromatic heterocycles. The van der Waals surface area contributed by atoms with Gasteiger partial charge in [-0.1, -0.05) is 24.3 Å². The van der Waals surface area contributed by atoms with Crippen molar-refractivity contribution in [2.75, 3.05) is 53.6 Å². The Balaban J connectivity index is 1.74. The van der Waals surface area contributed by atoms with Gasteiger partial charge in [-0.3, -0.25) is 14.5 Å². The molecule has 2 aromatic rings. The minimum Gasteiger partial charge on any atom is -0.497 e. The molecule has 9 heteroatoms. The van der Waals surface area contributed by atoms with Gasteiger partial charge >= 0.3 is 5.97 Å². The Morgan fingerprint density at radius 3 is 2.14 bits per heavy atom. The lowest BCUT2D eigenvalue weighted by molar-refractivity contribution is -0.138. The molecule has 0 aliphatic carbocycles. The minimum atomic E-state index is -0.392. The van der Waals surface area contributed by atoms with E-state index < -0.39 is 5.97 Å². The van der Waals surface area contributed by atoms with E-state index in [1.165, 1.54) is 7.11 Å². The van der Waals surface area contributed by atoms with Crippen LogP contribution in [0.15, 0.2) is 48.5 Å². The highest BCUT2D eigenvalue weighted by molar-refractivity contribution is 5.89. The zero-order valence-corrected chi connectivity index (χ0v) is 22.1. The van der Waals surface area contributed by atoms with Crippen LogP contribution in [0.2, 0.25) is 0 Å². The molecule has 1 atom stereocenters. The van der Waals surface area contributed by atoms with Crippen molar-refractivity contribution in [1.82, 2.24) is 14.7 Å². The van der Waals surface area contributed by atoms with Crippen molar-refractivity contribution < 1.29 is 28.6 Å². The number of hydrogen-bond donors (Lipinski definition) is 0. The van der Waals surface area contributed by atoms with Crippen LogP contribution in [0.1, 0.15) is 35.3 Å². The summed E-state index contributed by atoms with van der Waals surface area (Å²) in [5.41, 5.74) is 2.42. The second-order valence-electron chi connectivity index (χ2n) is 8.98. The summed E-state index contributed by atoms with van der Waals surface area (Å²) in [7, 11) is 2.97. The standard InChI is InChI=1S/C28H37N3O6/c1-5-30(6-2)27(33)20-37-25-17-29(15-21-7-11-23(12-8-21)28(34)36-4)19-26(32)31(18-25)16-22-9-13-24(35-3)14-10-22/h7-14,25H,5-6,15-20H2,1-4H3/t25-/m0/s1. The fraction of sp³-hybridized carbons (Fsp3) is 0.464. The second kappa shape index (κ2) is 13.8. The van der Waals surface area contributed by atoms with Crippen molar-refractivity contribution in [2.24, 2.45) is 0 Å². The van der Waals surface area contributed by atoms with Crippen LogP contribution >= 0.6 is 0 Å². The van der Waals surface area contributed by atoms with Gasteiger partial charge in [0.25, 0.3) is 0 Å². The number of rotatable bonds is 11. The molecule has 2 amide bonds. The number of amides is 2. The highest BCUT2D eigenvalue weighted by Gasteiger charge is 2.29. The van der Waals surface area contributed by atoms with Crippen LogP contribution in [0.25, 0.3) is 0 Å². The van der Waals surface area contributed by atoms with E-state index in [2.05, 4.69) is 0 Å². The summed E-state index contributed by atoms with van der Waals surface area (Å²) in [5, 5.41) is 0. The lowest BCUT2D eigenvalue weighted by Gasteiger charge is -2.26. The molecule has 1 aliphatic heterocycles. The zero-order valence-electron chi connectivity index (χ0n) is 22.1. The summed E-state index contributed by atoms with van der Waals surface area (Å²) in [6.07, 6.45) is -0.335. The van der Waals surface area contributed by atoms with Crippen LogP contribution in [0, 0.1) is 0 Å². The molecule has 0 saturated carbocycles. The number of esters is 1. The Bertz CT molecular complexity index is 1040. The average molecular weight is 512 g/mol. The molecule has 1 heterocycles. The molecule has 0 unspecified atom stereocenters. The first-order valence-corrected chi connectivity index (χ1v) is 12.6. The van der Waals surface area contributed by atoms with E-state index in [9.17, 15) is 14.4 Å². The van der Waals surface area contributed by atoms with Crippen LogP contribution in [0.3, 0.4) is 0 Å². The van der Waals surface area contributed by atoms with Crippen molar-refractivity contribution in [2.45, 2.75) is 33.0 Å². The number of ether oxygens (including phenoxy) is 3. The third-order valence-corrected chi connectivity index (χ3v) is 6.47. The summed E-state index contributed by atoms with van der Waals surface area (Å²) < 4.78 is 16.1. The molecule has 37 heavy (non-hydrogen) atoms. The lowest BCUT2D eigenvalue weighted by Crippen LogP contribution is -2.40. The number of likely N-dealkylation sites (N-methyl/N-ethyl adjacent to an activating group) is 1. The first kappa shape index (κ1) is 28.1. The van der Waals surface area contributed by atoms with Crippen LogP contribution in [-0.4, -0.2) is 92.1 Å². The smallest absolute Gasteiger partial charge is 0.337 e. The Morgan fingerprint density at radius 1 is 0.919 bits per heavy atom. The summed E-state index contributed by atoms with van der Waals surface area (Å²) in [6, 6.07) is 14.8. The van der Waals surface area contributed by atoms with Crippen LogP contribution in [0.4, 0.5) is 0 Å². The third-order valence-electron chi connectivity index (χ3n) is 6.47. The average Bonchev–Trinajstić information content (AvgIpc) is 3.06. The Hall–Kier alpha value is -3.43. The minimum absolute atomic E-state index is 0.0110. The molecule has 3 rings (SSSR count).